The molecular formula is C27H30N2O3. The Morgan fingerprint density at radius 2 is 1.66 bits per heavy atom. The molecule has 0 bridgehead atoms. The van der Waals surface area contributed by atoms with E-state index in [0.717, 1.165) is 23.2 Å². The van der Waals surface area contributed by atoms with E-state index in [1.54, 1.807) is 25.3 Å². The number of hydrogen-bond donors (Lipinski definition) is 1. The molecule has 0 aliphatic carbocycles. The lowest BCUT2D eigenvalue weighted by Gasteiger charge is -2.16. The van der Waals surface area contributed by atoms with Crippen molar-refractivity contribution in [3.05, 3.63) is 83.4 Å². The molecule has 3 aromatic carbocycles. The first-order valence-corrected chi connectivity index (χ1v) is 11.1. The zero-order valence-corrected chi connectivity index (χ0v) is 18.8. The van der Waals surface area contributed by atoms with Gasteiger partial charge in [-0.2, -0.15) is 0 Å². The van der Waals surface area contributed by atoms with E-state index in [4.69, 9.17) is 9.47 Å². The Kier molecular flexibility index (Phi) is 7.07. The molecule has 0 saturated carbocycles. The Morgan fingerprint density at radius 1 is 0.906 bits per heavy atom. The van der Waals surface area contributed by atoms with Gasteiger partial charge in [0.1, 0.15) is 0 Å². The van der Waals surface area contributed by atoms with Crippen LogP contribution in [0.1, 0.15) is 34.3 Å². The van der Waals surface area contributed by atoms with Crippen LogP contribution in [0.15, 0.2) is 66.7 Å². The second kappa shape index (κ2) is 10.3. The number of methoxy groups -OCH3 is 2. The van der Waals surface area contributed by atoms with Crippen LogP contribution in [-0.4, -0.2) is 38.1 Å². The van der Waals surface area contributed by atoms with Gasteiger partial charge in [-0.15, -0.1) is 0 Å². The minimum atomic E-state index is -0.198. The van der Waals surface area contributed by atoms with Gasteiger partial charge >= 0.3 is 0 Å². The predicted octanol–water partition coefficient (Wildman–Crippen LogP) is 4.90. The lowest BCUT2D eigenvalue weighted by molar-refractivity contribution is 0.0947. The van der Waals surface area contributed by atoms with Crippen molar-refractivity contribution in [2.45, 2.75) is 25.9 Å². The molecule has 3 aromatic rings. The molecule has 1 fully saturated rings. The number of likely N-dealkylation sites (tertiary alicyclic amines) is 1. The maximum Gasteiger partial charge on any atom is 0.255 e. The standard InChI is InChI=1S/C27H30N2O3/c1-31-25-11-7-10-24(26(25)32-2)27(30)28-18-22-8-3-4-9-23(22)21-14-12-20(13-15-21)19-29-16-5-6-17-29/h3-4,7-15H,5-6,16-19H2,1-2H3,(H,28,30). The van der Waals surface area contributed by atoms with Gasteiger partial charge in [0.25, 0.3) is 5.91 Å². The molecule has 1 aliphatic rings. The SMILES string of the molecule is COc1cccc(C(=O)NCc2ccccc2-c2ccc(CN3CCCC3)cc2)c1OC. The lowest BCUT2D eigenvalue weighted by atomic mass is 9.98. The van der Waals surface area contributed by atoms with Gasteiger partial charge < -0.3 is 14.8 Å². The Bertz CT molecular complexity index is 1060. The highest BCUT2D eigenvalue weighted by molar-refractivity contribution is 5.97. The topological polar surface area (TPSA) is 50.8 Å². The van der Waals surface area contributed by atoms with Crippen molar-refractivity contribution in [3.63, 3.8) is 0 Å². The van der Waals surface area contributed by atoms with E-state index in [9.17, 15) is 4.79 Å². The summed E-state index contributed by atoms with van der Waals surface area (Å²) in [6.45, 7) is 3.83. The number of amides is 1. The molecular weight excluding hydrogens is 400 g/mol. The Hall–Kier alpha value is -3.31. The molecule has 1 N–H and O–H groups in total. The average molecular weight is 431 g/mol. The van der Waals surface area contributed by atoms with Gasteiger partial charge in [-0.25, -0.2) is 0 Å². The summed E-state index contributed by atoms with van der Waals surface area (Å²) in [5.74, 6) is 0.778. The summed E-state index contributed by atoms with van der Waals surface area (Å²) >= 11 is 0. The molecule has 1 amide bonds. The van der Waals surface area contributed by atoms with Gasteiger partial charge in [-0.1, -0.05) is 54.6 Å². The highest BCUT2D eigenvalue weighted by Gasteiger charge is 2.17. The molecule has 0 spiro atoms. The van der Waals surface area contributed by atoms with Crippen LogP contribution in [-0.2, 0) is 13.1 Å². The zero-order chi connectivity index (χ0) is 22.3. The number of rotatable bonds is 8. The van der Waals surface area contributed by atoms with Crippen molar-refractivity contribution in [1.82, 2.24) is 10.2 Å². The van der Waals surface area contributed by atoms with Gasteiger partial charge in [0.15, 0.2) is 11.5 Å². The van der Waals surface area contributed by atoms with E-state index in [1.807, 2.05) is 12.1 Å². The summed E-state index contributed by atoms with van der Waals surface area (Å²) in [5, 5.41) is 3.03. The lowest BCUT2D eigenvalue weighted by Crippen LogP contribution is -2.23. The Labute approximate surface area is 190 Å². The van der Waals surface area contributed by atoms with Crippen LogP contribution < -0.4 is 14.8 Å². The van der Waals surface area contributed by atoms with Gasteiger partial charge in [0.05, 0.1) is 19.8 Å². The van der Waals surface area contributed by atoms with E-state index < -0.39 is 0 Å². The number of nitrogens with one attached hydrogen (secondary N) is 1. The van der Waals surface area contributed by atoms with E-state index >= 15 is 0 Å². The minimum Gasteiger partial charge on any atom is -0.493 e. The van der Waals surface area contributed by atoms with E-state index in [-0.39, 0.29) is 5.91 Å². The summed E-state index contributed by atoms with van der Waals surface area (Å²) in [7, 11) is 3.10. The first-order valence-electron chi connectivity index (χ1n) is 11.1. The second-order valence-corrected chi connectivity index (χ2v) is 8.06. The summed E-state index contributed by atoms with van der Waals surface area (Å²) in [5.41, 5.74) is 5.13. The predicted molar refractivity (Wildman–Crippen MR) is 127 cm³/mol. The first-order chi connectivity index (χ1) is 15.7. The van der Waals surface area contributed by atoms with Crippen LogP contribution in [0, 0.1) is 0 Å². The van der Waals surface area contributed by atoms with Crippen LogP contribution in [0.4, 0.5) is 0 Å². The van der Waals surface area contributed by atoms with Crippen LogP contribution >= 0.6 is 0 Å². The molecule has 0 atom stereocenters. The molecule has 5 nitrogen and oxygen atoms in total. The van der Waals surface area contributed by atoms with E-state index in [0.29, 0.717) is 23.6 Å². The smallest absolute Gasteiger partial charge is 0.255 e. The number of para-hydroxylation sites is 1. The molecule has 4 rings (SSSR count). The fourth-order valence-corrected chi connectivity index (χ4v) is 4.28. The number of carbonyl (C=O) groups excluding carboxylic acids is 1. The van der Waals surface area contributed by atoms with E-state index in [2.05, 4.69) is 46.6 Å². The largest absolute Gasteiger partial charge is 0.493 e. The van der Waals surface area contributed by atoms with Crippen LogP contribution in [0.25, 0.3) is 11.1 Å². The zero-order valence-electron chi connectivity index (χ0n) is 18.8. The molecule has 1 saturated heterocycles. The number of benzene rings is 3. The Morgan fingerprint density at radius 3 is 2.38 bits per heavy atom. The maximum absolute atomic E-state index is 12.9. The summed E-state index contributed by atoms with van der Waals surface area (Å²) in [6.07, 6.45) is 2.61. The maximum atomic E-state index is 12.9. The Balaban J connectivity index is 1.48. The van der Waals surface area contributed by atoms with Gasteiger partial charge in [0, 0.05) is 13.1 Å². The van der Waals surface area contributed by atoms with Crippen molar-refractivity contribution in [3.8, 4) is 22.6 Å². The fraction of sp³-hybridized carbons (Fsp3) is 0.296. The molecule has 166 valence electrons. The van der Waals surface area contributed by atoms with Gasteiger partial charge in [0.2, 0.25) is 0 Å². The normalized spacial score (nSPS) is 13.7. The molecule has 1 aliphatic heterocycles. The molecule has 1 heterocycles. The van der Waals surface area contributed by atoms with Crippen molar-refractivity contribution >= 4 is 5.91 Å². The van der Waals surface area contributed by atoms with E-state index in [1.165, 1.54) is 38.6 Å². The van der Waals surface area contributed by atoms with Crippen LogP contribution in [0.5, 0.6) is 11.5 Å². The van der Waals surface area contributed by atoms with Crippen LogP contribution in [0.2, 0.25) is 0 Å². The van der Waals surface area contributed by atoms with Gasteiger partial charge in [-0.3, -0.25) is 9.69 Å². The van der Waals surface area contributed by atoms with Crippen molar-refractivity contribution in [2.75, 3.05) is 27.3 Å². The highest BCUT2D eigenvalue weighted by atomic mass is 16.5. The molecule has 0 aromatic heterocycles. The summed E-state index contributed by atoms with van der Waals surface area (Å²) in [6, 6.07) is 22.3. The third-order valence-corrected chi connectivity index (χ3v) is 5.97. The molecule has 32 heavy (non-hydrogen) atoms. The quantitative estimate of drug-likeness (QED) is 0.552. The summed E-state index contributed by atoms with van der Waals surface area (Å²) in [4.78, 5) is 15.4. The minimum absolute atomic E-state index is 0.198. The molecule has 0 unspecified atom stereocenters. The van der Waals surface area contributed by atoms with Gasteiger partial charge in [-0.05, 0) is 60.3 Å². The van der Waals surface area contributed by atoms with Crippen molar-refractivity contribution in [1.29, 1.82) is 0 Å². The summed E-state index contributed by atoms with van der Waals surface area (Å²) < 4.78 is 10.7. The van der Waals surface area contributed by atoms with Crippen LogP contribution in [0.3, 0.4) is 0 Å². The number of ether oxygens (including phenoxy) is 2. The molecule has 0 radical (unpaired) electrons. The number of hydrogen-bond acceptors (Lipinski definition) is 4. The monoisotopic (exact) mass is 430 g/mol. The fourth-order valence-electron chi connectivity index (χ4n) is 4.28. The third kappa shape index (κ3) is 4.94. The van der Waals surface area contributed by atoms with Crippen molar-refractivity contribution in [2.24, 2.45) is 0 Å². The molecule has 5 heteroatoms. The number of carbonyl (C=O) groups is 1. The third-order valence-electron chi connectivity index (χ3n) is 5.97. The second-order valence-electron chi connectivity index (χ2n) is 8.06. The first kappa shape index (κ1) is 21.9. The van der Waals surface area contributed by atoms with Crippen molar-refractivity contribution < 1.29 is 14.3 Å². The number of nitrogens with zero attached hydrogens (tertiary/aromatic N) is 1. The average Bonchev–Trinajstić information content (AvgIpc) is 3.35. The highest BCUT2D eigenvalue weighted by Crippen LogP contribution is 2.31.